The fraction of sp³-hybridized carbons (Fsp3) is 0.381. The number of hydrogen-bond acceptors (Lipinski definition) is 4. The molecule has 2 aromatic rings. The molecule has 28 heavy (non-hydrogen) atoms. The predicted molar refractivity (Wildman–Crippen MR) is 114 cm³/mol. The minimum absolute atomic E-state index is 0.213. The summed E-state index contributed by atoms with van der Waals surface area (Å²) >= 11 is 0. The van der Waals surface area contributed by atoms with Crippen LogP contribution in [0.3, 0.4) is 0 Å². The van der Waals surface area contributed by atoms with E-state index in [9.17, 15) is 13.2 Å². The highest BCUT2D eigenvalue weighted by Crippen LogP contribution is 2.24. The molecule has 6 nitrogen and oxygen atoms in total. The smallest absolute Gasteiger partial charge is 0.265 e. The Kier molecular flexibility index (Phi) is 6.72. The number of hydrogen-bond donors (Lipinski definition) is 1. The normalized spacial score (nSPS) is 12.4. The number of anilines is 2. The molecule has 2 aromatic carbocycles. The van der Waals surface area contributed by atoms with Crippen LogP contribution in [0.4, 0.5) is 11.4 Å². The summed E-state index contributed by atoms with van der Waals surface area (Å²) in [5.74, 6) is 0.292. The fourth-order valence-corrected chi connectivity index (χ4v) is 3.50. The average Bonchev–Trinajstić information content (AvgIpc) is 2.61. The number of aryl methyl sites for hydroxylation is 3. The number of rotatable bonds is 7. The van der Waals surface area contributed by atoms with E-state index in [0.717, 1.165) is 28.6 Å². The molecule has 0 radical (unpaired) electrons. The Balaban J connectivity index is 2.13. The van der Waals surface area contributed by atoms with Crippen LogP contribution in [-0.4, -0.2) is 33.7 Å². The molecule has 152 valence electrons. The van der Waals surface area contributed by atoms with Crippen molar-refractivity contribution >= 4 is 27.3 Å². The van der Waals surface area contributed by atoms with Crippen LogP contribution in [0, 0.1) is 20.8 Å². The van der Waals surface area contributed by atoms with Crippen LogP contribution in [-0.2, 0) is 14.8 Å². The van der Waals surface area contributed by atoms with Crippen molar-refractivity contribution in [2.45, 2.75) is 40.2 Å². The molecule has 0 aromatic heterocycles. The molecule has 1 amide bonds. The molecule has 0 bridgehead atoms. The van der Waals surface area contributed by atoms with E-state index in [1.807, 2.05) is 39.8 Å². The maximum absolute atomic E-state index is 12.7. The number of nitrogens with zero attached hydrogens (tertiary/aromatic N) is 1. The van der Waals surface area contributed by atoms with Gasteiger partial charge in [0.25, 0.3) is 5.91 Å². The lowest BCUT2D eigenvalue weighted by atomic mass is 10.0. The number of benzene rings is 2. The lowest BCUT2D eigenvalue weighted by Crippen LogP contribution is -2.33. The maximum atomic E-state index is 12.7. The second-order valence-electron chi connectivity index (χ2n) is 7.00. The SMILES string of the molecule is CC[C@@H](Oc1ccc(N(C)S(C)(=O)=O)cc1)C(=O)Nc1c(C)cc(C)cc1C. The van der Waals surface area contributed by atoms with Crippen molar-refractivity contribution in [2.24, 2.45) is 0 Å². The van der Waals surface area contributed by atoms with Gasteiger partial charge in [0.15, 0.2) is 6.10 Å². The van der Waals surface area contributed by atoms with Crippen molar-refractivity contribution < 1.29 is 17.9 Å². The molecule has 0 aliphatic carbocycles. The lowest BCUT2D eigenvalue weighted by molar-refractivity contribution is -0.122. The van der Waals surface area contributed by atoms with Crippen molar-refractivity contribution in [3.8, 4) is 5.75 Å². The molecule has 0 aliphatic heterocycles. The van der Waals surface area contributed by atoms with Crippen LogP contribution in [0.1, 0.15) is 30.0 Å². The topological polar surface area (TPSA) is 75.7 Å². The molecule has 2 rings (SSSR count). The Morgan fingerprint density at radius 3 is 2.11 bits per heavy atom. The Morgan fingerprint density at radius 2 is 1.64 bits per heavy atom. The first-order valence-corrected chi connectivity index (χ1v) is 11.0. The molecule has 0 fully saturated rings. The number of carbonyl (C=O) groups excluding carboxylic acids is 1. The first-order valence-electron chi connectivity index (χ1n) is 9.12. The van der Waals surface area contributed by atoms with Gasteiger partial charge in [-0.1, -0.05) is 24.6 Å². The highest BCUT2D eigenvalue weighted by Gasteiger charge is 2.20. The summed E-state index contributed by atoms with van der Waals surface area (Å²) in [5.41, 5.74) is 4.50. The van der Waals surface area contributed by atoms with Crippen molar-refractivity contribution in [3.05, 3.63) is 53.1 Å². The van der Waals surface area contributed by atoms with Crippen molar-refractivity contribution in [1.82, 2.24) is 0 Å². The highest BCUT2D eigenvalue weighted by atomic mass is 32.2. The van der Waals surface area contributed by atoms with Gasteiger partial charge in [-0.15, -0.1) is 0 Å². The summed E-state index contributed by atoms with van der Waals surface area (Å²) in [6, 6.07) is 10.7. The standard InChI is InChI=1S/C21H28N2O4S/c1-7-19(21(24)22-20-15(3)12-14(2)13-16(20)4)27-18-10-8-17(9-11-18)23(5)28(6,25)26/h8-13,19H,7H2,1-6H3,(H,22,24)/t19-/m1/s1. The zero-order chi connectivity index (χ0) is 21.1. The van der Waals surface area contributed by atoms with E-state index in [4.69, 9.17) is 4.74 Å². The van der Waals surface area contributed by atoms with Crippen LogP contribution in [0.15, 0.2) is 36.4 Å². The van der Waals surface area contributed by atoms with Crippen LogP contribution in [0.25, 0.3) is 0 Å². The number of sulfonamides is 1. The molecule has 0 heterocycles. The quantitative estimate of drug-likeness (QED) is 0.761. The third-order valence-electron chi connectivity index (χ3n) is 4.56. The van der Waals surface area contributed by atoms with Gasteiger partial charge in [0.05, 0.1) is 11.9 Å². The summed E-state index contributed by atoms with van der Waals surface area (Å²) in [6.45, 7) is 7.84. The van der Waals surface area contributed by atoms with Crippen molar-refractivity contribution in [2.75, 3.05) is 22.9 Å². The number of ether oxygens (including phenoxy) is 1. The van der Waals surface area contributed by atoms with Gasteiger partial charge in [0.1, 0.15) is 5.75 Å². The van der Waals surface area contributed by atoms with E-state index >= 15 is 0 Å². The Labute approximate surface area is 167 Å². The van der Waals surface area contributed by atoms with E-state index in [2.05, 4.69) is 5.32 Å². The van der Waals surface area contributed by atoms with Gasteiger partial charge in [-0.25, -0.2) is 8.42 Å². The number of amides is 1. The van der Waals surface area contributed by atoms with Gasteiger partial charge in [0, 0.05) is 12.7 Å². The molecule has 0 spiro atoms. The van der Waals surface area contributed by atoms with Crippen molar-refractivity contribution in [1.29, 1.82) is 0 Å². The maximum Gasteiger partial charge on any atom is 0.265 e. The number of nitrogens with one attached hydrogen (secondary N) is 1. The van der Waals surface area contributed by atoms with E-state index in [1.165, 1.54) is 11.4 Å². The van der Waals surface area contributed by atoms with Crippen LogP contribution >= 0.6 is 0 Å². The molecule has 0 saturated heterocycles. The minimum Gasteiger partial charge on any atom is -0.481 e. The van der Waals surface area contributed by atoms with Crippen LogP contribution < -0.4 is 14.4 Å². The predicted octanol–water partition coefficient (Wildman–Crippen LogP) is 3.80. The minimum atomic E-state index is -3.33. The van der Waals surface area contributed by atoms with Gasteiger partial charge in [-0.2, -0.15) is 0 Å². The summed E-state index contributed by atoms with van der Waals surface area (Å²) in [4.78, 5) is 12.7. The van der Waals surface area contributed by atoms with Crippen LogP contribution in [0.2, 0.25) is 0 Å². The summed E-state index contributed by atoms with van der Waals surface area (Å²) < 4.78 is 30.3. The summed E-state index contributed by atoms with van der Waals surface area (Å²) in [7, 11) is -1.84. The molecule has 0 aliphatic rings. The second-order valence-corrected chi connectivity index (χ2v) is 9.02. The molecular formula is C21H28N2O4S. The van der Waals surface area contributed by atoms with Gasteiger partial charge in [-0.05, 0) is 62.6 Å². The summed E-state index contributed by atoms with van der Waals surface area (Å²) in [5, 5.41) is 2.98. The van der Waals surface area contributed by atoms with Gasteiger partial charge < -0.3 is 10.1 Å². The monoisotopic (exact) mass is 404 g/mol. The van der Waals surface area contributed by atoms with Gasteiger partial charge in [0.2, 0.25) is 10.0 Å². The Morgan fingerprint density at radius 1 is 1.11 bits per heavy atom. The molecular weight excluding hydrogens is 376 g/mol. The zero-order valence-corrected chi connectivity index (χ0v) is 18.1. The van der Waals surface area contributed by atoms with E-state index in [-0.39, 0.29) is 5.91 Å². The van der Waals surface area contributed by atoms with E-state index in [1.54, 1.807) is 24.3 Å². The van der Waals surface area contributed by atoms with E-state index < -0.39 is 16.1 Å². The van der Waals surface area contributed by atoms with Gasteiger partial charge in [-0.3, -0.25) is 9.10 Å². The number of carbonyl (C=O) groups is 1. The molecule has 1 N–H and O–H groups in total. The molecule has 0 unspecified atom stereocenters. The second kappa shape index (κ2) is 8.65. The largest absolute Gasteiger partial charge is 0.481 e. The van der Waals surface area contributed by atoms with E-state index in [0.29, 0.717) is 17.9 Å². The Bertz CT molecular complexity index is 930. The van der Waals surface area contributed by atoms with Gasteiger partial charge >= 0.3 is 0 Å². The third kappa shape index (κ3) is 5.25. The van der Waals surface area contributed by atoms with Crippen LogP contribution in [0.5, 0.6) is 5.75 Å². The average molecular weight is 405 g/mol. The fourth-order valence-electron chi connectivity index (χ4n) is 2.99. The van der Waals surface area contributed by atoms with Crippen molar-refractivity contribution in [3.63, 3.8) is 0 Å². The first-order chi connectivity index (χ1) is 13.0. The summed E-state index contributed by atoms with van der Waals surface area (Å²) in [6.07, 6.45) is 0.989. The molecule has 0 saturated carbocycles. The highest BCUT2D eigenvalue weighted by molar-refractivity contribution is 7.92. The lowest BCUT2D eigenvalue weighted by Gasteiger charge is -2.20. The zero-order valence-electron chi connectivity index (χ0n) is 17.2. The molecule has 7 heteroatoms. The first kappa shape index (κ1) is 21.8. The molecule has 1 atom stereocenters. The Hall–Kier alpha value is -2.54. The third-order valence-corrected chi connectivity index (χ3v) is 5.77.